The van der Waals surface area contributed by atoms with Crippen LogP contribution in [-0.2, 0) is 9.36 Å². The van der Waals surface area contributed by atoms with Crippen molar-refractivity contribution in [2.75, 3.05) is 7.05 Å². The number of halogens is 1. The molecule has 2 aliphatic carbocycles. The number of carboxylic acids is 1. The van der Waals surface area contributed by atoms with E-state index in [0.29, 0.717) is 0 Å². The summed E-state index contributed by atoms with van der Waals surface area (Å²) in [5.74, 6) is -0.857. The van der Waals surface area contributed by atoms with Crippen LogP contribution < -0.4 is 0 Å². The molecule has 4 nitrogen and oxygen atoms in total. The van der Waals surface area contributed by atoms with E-state index in [9.17, 15) is 14.5 Å². The number of carboxylic acid groups (broad SMARTS) is 1. The Morgan fingerprint density at radius 2 is 1.36 bits per heavy atom. The lowest BCUT2D eigenvalue weighted by atomic mass is 9.99. The SMILES string of the molecule is C[C@@H](C(=O)O)N(C)P(=O)(C1CCCCC1)C1CCCCC1.Cl. The van der Waals surface area contributed by atoms with E-state index in [2.05, 4.69) is 0 Å². The summed E-state index contributed by atoms with van der Waals surface area (Å²) in [6.07, 6.45) is 11.1. The average molecular weight is 352 g/mol. The van der Waals surface area contributed by atoms with Crippen molar-refractivity contribution in [3.05, 3.63) is 0 Å². The zero-order valence-electron chi connectivity index (χ0n) is 13.9. The maximum Gasteiger partial charge on any atom is 0.320 e. The molecule has 22 heavy (non-hydrogen) atoms. The number of aliphatic carboxylic acids is 1. The number of carbonyl (C=O) groups is 1. The summed E-state index contributed by atoms with van der Waals surface area (Å²) in [6, 6.07) is -0.653. The van der Waals surface area contributed by atoms with Gasteiger partial charge in [-0.15, -0.1) is 12.4 Å². The Morgan fingerprint density at radius 3 is 1.68 bits per heavy atom. The molecule has 0 aliphatic heterocycles. The molecule has 1 N–H and O–H groups in total. The van der Waals surface area contributed by atoms with E-state index >= 15 is 0 Å². The smallest absolute Gasteiger partial charge is 0.320 e. The van der Waals surface area contributed by atoms with Crippen molar-refractivity contribution in [1.29, 1.82) is 0 Å². The van der Waals surface area contributed by atoms with E-state index in [1.807, 2.05) is 0 Å². The molecule has 0 aromatic rings. The van der Waals surface area contributed by atoms with Crippen LogP contribution in [0.1, 0.15) is 71.1 Å². The first-order valence-corrected chi connectivity index (χ1v) is 10.3. The van der Waals surface area contributed by atoms with Crippen LogP contribution in [0.5, 0.6) is 0 Å². The molecular weight excluding hydrogens is 321 g/mol. The number of hydrogen-bond donors (Lipinski definition) is 1. The highest BCUT2D eigenvalue weighted by Gasteiger charge is 2.46. The molecule has 0 unspecified atom stereocenters. The third-order valence-electron chi connectivity index (χ3n) is 5.61. The van der Waals surface area contributed by atoms with Gasteiger partial charge in [-0.05, 0) is 39.7 Å². The van der Waals surface area contributed by atoms with Gasteiger partial charge >= 0.3 is 5.97 Å². The summed E-state index contributed by atoms with van der Waals surface area (Å²) in [5.41, 5.74) is 0.447. The van der Waals surface area contributed by atoms with E-state index in [-0.39, 0.29) is 23.7 Å². The number of rotatable bonds is 5. The first-order chi connectivity index (χ1) is 9.98. The standard InChI is InChI=1S/C16H30NO3P.ClH/c1-13(16(18)19)17(2)21(20,14-9-5-3-6-10-14)15-11-7-4-8-12-15;/h13-15H,3-12H2,1-2H3,(H,18,19);1H/t13-;/m0./s1. The number of likely N-dealkylation sites (N-methyl/N-ethyl adjacent to an activating group) is 1. The van der Waals surface area contributed by atoms with Gasteiger partial charge in [-0.1, -0.05) is 38.5 Å². The Morgan fingerprint density at radius 1 is 1.00 bits per heavy atom. The predicted octanol–water partition coefficient (Wildman–Crippen LogP) is 4.76. The third kappa shape index (κ3) is 4.07. The highest BCUT2D eigenvalue weighted by atomic mass is 35.5. The van der Waals surface area contributed by atoms with Crippen LogP contribution in [0.25, 0.3) is 0 Å². The van der Waals surface area contributed by atoms with Crippen LogP contribution in [0.3, 0.4) is 0 Å². The lowest BCUT2D eigenvalue weighted by Crippen LogP contribution is -2.40. The predicted molar refractivity (Wildman–Crippen MR) is 93.5 cm³/mol. The van der Waals surface area contributed by atoms with Crippen molar-refractivity contribution in [2.45, 2.75) is 88.5 Å². The minimum Gasteiger partial charge on any atom is -0.480 e. The van der Waals surface area contributed by atoms with E-state index < -0.39 is 19.3 Å². The number of hydrogen-bond acceptors (Lipinski definition) is 2. The van der Waals surface area contributed by atoms with Crippen LogP contribution >= 0.6 is 19.7 Å². The summed E-state index contributed by atoms with van der Waals surface area (Å²) >= 11 is 0. The van der Waals surface area contributed by atoms with Crippen LogP contribution in [0.15, 0.2) is 0 Å². The Hall–Kier alpha value is -0.0500. The summed E-state index contributed by atoms with van der Waals surface area (Å²) < 4.78 is 15.8. The zero-order valence-corrected chi connectivity index (χ0v) is 15.6. The lowest BCUT2D eigenvalue weighted by molar-refractivity contribution is -0.140. The fourth-order valence-electron chi connectivity index (χ4n) is 4.15. The normalized spacial score (nSPS) is 23.0. The quantitative estimate of drug-likeness (QED) is 0.726. The van der Waals surface area contributed by atoms with Gasteiger partial charge in [-0.3, -0.25) is 4.79 Å². The van der Waals surface area contributed by atoms with Gasteiger partial charge in [-0.25, -0.2) is 4.67 Å². The highest BCUT2D eigenvalue weighted by molar-refractivity contribution is 7.63. The largest absolute Gasteiger partial charge is 0.480 e. The van der Waals surface area contributed by atoms with Crippen molar-refractivity contribution in [1.82, 2.24) is 4.67 Å². The molecule has 0 saturated heterocycles. The van der Waals surface area contributed by atoms with E-state index in [1.54, 1.807) is 18.6 Å². The van der Waals surface area contributed by atoms with Crippen LogP contribution in [0.2, 0.25) is 0 Å². The summed E-state index contributed by atoms with van der Waals surface area (Å²) in [5, 5.41) is 9.35. The first-order valence-electron chi connectivity index (χ1n) is 8.53. The van der Waals surface area contributed by atoms with Gasteiger partial charge in [0.1, 0.15) is 6.04 Å². The second-order valence-electron chi connectivity index (χ2n) is 6.84. The van der Waals surface area contributed by atoms with Crippen molar-refractivity contribution in [3.8, 4) is 0 Å². The fraction of sp³-hybridized carbons (Fsp3) is 0.938. The highest BCUT2D eigenvalue weighted by Crippen LogP contribution is 2.65. The minimum atomic E-state index is -2.62. The van der Waals surface area contributed by atoms with Crippen molar-refractivity contribution in [2.24, 2.45) is 0 Å². The fourth-order valence-corrected chi connectivity index (χ4v) is 8.62. The molecule has 2 aliphatic rings. The van der Waals surface area contributed by atoms with Gasteiger partial charge in [0.25, 0.3) is 0 Å². The Kier molecular flexibility index (Phi) is 7.91. The van der Waals surface area contributed by atoms with Crippen LogP contribution in [0, 0.1) is 0 Å². The van der Waals surface area contributed by atoms with Gasteiger partial charge in [0.05, 0.1) is 0 Å². The molecule has 0 radical (unpaired) electrons. The Balaban J connectivity index is 0.00000242. The number of nitrogens with zero attached hydrogens (tertiary/aromatic N) is 1. The Labute approximate surface area is 140 Å². The molecule has 0 bridgehead atoms. The lowest BCUT2D eigenvalue weighted by Gasteiger charge is -2.44. The Bertz CT molecular complexity index is 384. The molecule has 2 rings (SSSR count). The molecule has 0 spiro atoms. The van der Waals surface area contributed by atoms with Crippen molar-refractivity contribution in [3.63, 3.8) is 0 Å². The van der Waals surface area contributed by atoms with Crippen molar-refractivity contribution < 1.29 is 14.5 Å². The minimum absolute atomic E-state index is 0. The van der Waals surface area contributed by atoms with Gasteiger partial charge in [0.2, 0.25) is 0 Å². The molecule has 6 heteroatoms. The summed E-state index contributed by atoms with van der Waals surface area (Å²) in [4.78, 5) is 11.4. The first kappa shape index (κ1) is 20.0. The van der Waals surface area contributed by atoms with E-state index in [1.165, 1.54) is 12.8 Å². The third-order valence-corrected chi connectivity index (χ3v) is 10.1. The molecule has 2 fully saturated rings. The molecule has 0 aromatic carbocycles. The molecule has 0 amide bonds. The van der Waals surface area contributed by atoms with Gasteiger partial charge in [-0.2, -0.15) is 0 Å². The van der Waals surface area contributed by atoms with Gasteiger partial charge in [0.15, 0.2) is 7.29 Å². The molecule has 130 valence electrons. The van der Waals surface area contributed by atoms with Crippen LogP contribution in [0.4, 0.5) is 0 Å². The summed E-state index contributed by atoms with van der Waals surface area (Å²) in [7, 11) is -0.824. The maximum atomic E-state index is 14.0. The van der Waals surface area contributed by atoms with E-state index in [4.69, 9.17) is 0 Å². The van der Waals surface area contributed by atoms with Crippen LogP contribution in [-0.4, -0.2) is 40.2 Å². The second-order valence-corrected chi connectivity index (χ2v) is 10.3. The maximum absolute atomic E-state index is 14.0. The molecule has 2 saturated carbocycles. The molecule has 0 heterocycles. The van der Waals surface area contributed by atoms with E-state index in [0.717, 1.165) is 51.4 Å². The molecule has 1 atom stereocenters. The summed E-state index contributed by atoms with van der Waals surface area (Å²) in [6.45, 7) is 1.68. The topological polar surface area (TPSA) is 57.6 Å². The molecular formula is C16H31ClNO3P. The monoisotopic (exact) mass is 351 g/mol. The average Bonchev–Trinajstić information content (AvgIpc) is 2.54. The molecule has 0 aromatic heterocycles. The second kappa shape index (κ2) is 8.70. The zero-order chi connectivity index (χ0) is 15.5. The van der Waals surface area contributed by atoms with Gasteiger partial charge in [0, 0.05) is 11.3 Å². The van der Waals surface area contributed by atoms with Gasteiger partial charge < -0.3 is 9.67 Å². The van der Waals surface area contributed by atoms with Crippen molar-refractivity contribution >= 4 is 25.7 Å².